The highest BCUT2D eigenvalue weighted by atomic mass is 16.5. The minimum atomic E-state index is 0.315. The molecule has 0 fully saturated rings. The Hall–Kier alpha value is -1.53. The third kappa shape index (κ3) is 4.57. The zero-order valence-corrected chi connectivity index (χ0v) is 12.6. The number of hydrogen-bond donors (Lipinski definition) is 1. The monoisotopic (exact) mass is 260 g/mol. The number of hydrogen-bond acceptors (Lipinski definition) is 3. The van der Waals surface area contributed by atoms with E-state index in [4.69, 9.17) is 10.00 Å². The van der Waals surface area contributed by atoms with E-state index in [9.17, 15) is 0 Å². The van der Waals surface area contributed by atoms with E-state index in [1.807, 2.05) is 18.2 Å². The molecule has 1 unspecified atom stereocenters. The largest absolute Gasteiger partial charge is 0.495 e. The van der Waals surface area contributed by atoms with E-state index >= 15 is 0 Å². The van der Waals surface area contributed by atoms with E-state index < -0.39 is 0 Å². The second kappa shape index (κ2) is 6.58. The van der Waals surface area contributed by atoms with Crippen LogP contribution in [0.2, 0.25) is 0 Å². The van der Waals surface area contributed by atoms with E-state index in [1.54, 1.807) is 7.11 Å². The van der Waals surface area contributed by atoms with Crippen molar-refractivity contribution in [1.29, 1.82) is 5.26 Å². The van der Waals surface area contributed by atoms with Crippen molar-refractivity contribution in [2.45, 2.75) is 34.2 Å². The second-order valence-corrected chi connectivity index (χ2v) is 6.04. The van der Waals surface area contributed by atoms with Gasteiger partial charge in [0.15, 0.2) is 0 Å². The summed E-state index contributed by atoms with van der Waals surface area (Å²) in [7, 11) is 1.59. The molecule has 0 saturated carbocycles. The van der Waals surface area contributed by atoms with Gasteiger partial charge in [0.2, 0.25) is 0 Å². The first-order valence-corrected chi connectivity index (χ1v) is 6.66. The normalized spacial score (nSPS) is 12.8. The van der Waals surface area contributed by atoms with Gasteiger partial charge in [-0.1, -0.05) is 33.8 Å². The van der Waals surface area contributed by atoms with Crippen LogP contribution >= 0.6 is 0 Å². The fourth-order valence-corrected chi connectivity index (χ4v) is 1.68. The van der Waals surface area contributed by atoms with E-state index in [-0.39, 0.29) is 0 Å². The summed E-state index contributed by atoms with van der Waals surface area (Å²) in [5, 5.41) is 12.4. The molecule has 1 aromatic rings. The van der Waals surface area contributed by atoms with Gasteiger partial charge < -0.3 is 10.1 Å². The molecular formula is C16H24N2O. The molecule has 0 aliphatic rings. The third-order valence-electron chi connectivity index (χ3n) is 3.64. The number of nitriles is 1. The quantitative estimate of drug-likeness (QED) is 0.883. The summed E-state index contributed by atoms with van der Waals surface area (Å²) in [6.45, 7) is 10.8. The molecule has 0 spiro atoms. The highest BCUT2D eigenvalue weighted by molar-refractivity contribution is 5.45. The van der Waals surface area contributed by atoms with Crippen molar-refractivity contribution in [3.63, 3.8) is 0 Å². The van der Waals surface area contributed by atoms with Crippen LogP contribution in [0, 0.1) is 22.7 Å². The molecule has 0 aliphatic carbocycles. The number of benzene rings is 1. The molecule has 3 nitrogen and oxygen atoms in total. The van der Waals surface area contributed by atoms with Crippen LogP contribution in [0.15, 0.2) is 18.2 Å². The first-order valence-electron chi connectivity index (χ1n) is 6.66. The molecule has 3 heteroatoms. The molecule has 1 N–H and O–H groups in total. The predicted molar refractivity (Wildman–Crippen MR) is 78.0 cm³/mol. The first-order chi connectivity index (χ1) is 8.88. The van der Waals surface area contributed by atoms with E-state index in [1.165, 1.54) is 0 Å². The van der Waals surface area contributed by atoms with Crippen LogP contribution in [0.5, 0.6) is 5.75 Å². The Morgan fingerprint density at radius 2 is 2.05 bits per heavy atom. The van der Waals surface area contributed by atoms with Gasteiger partial charge >= 0.3 is 0 Å². The highest BCUT2D eigenvalue weighted by Gasteiger charge is 2.19. The lowest BCUT2D eigenvalue weighted by molar-refractivity contribution is 0.252. The van der Waals surface area contributed by atoms with Crippen molar-refractivity contribution in [2.24, 2.45) is 11.3 Å². The van der Waals surface area contributed by atoms with Crippen LogP contribution < -0.4 is 10.1 Å². The maximum Gasteiger partial charge on any atom is 0.136 e. The second-order valence-electron chi connectivity index (χ2n) is 6.04. The fourth-order valence-electron chi connectivity index (χ4n) is 1.68. The van der Waals surface area contributed by atoms with E-state index in [2.05, 4.69) is 39.1 Å². The average Bonchev–Trinajstić information content (AvgIpc) is 2.37. The van der Waals surface area contributed by atoms with Crippen molar-refractivity contribution in [2.75, 3.05) is 13.7 Å². The molecule has 19 heavy (non-hydrogen) atoms. The molecule has 0 heterocycles. The van der Waals surface area contributed by atoms with Crippen LogP contribution in [0.1, 0.15) is 38.8 Å². The number of nitrogens with zero attached hydrogens (tertiary/aromatic N) is 1. The minimum Gasteiger partial charge on any atom is -0.495 e. The molecule has 0 amide bonds. The minimum absolute atomic E-state index is 0.315. The van der Waals surface area contributed by atoms with E-state index in [0.29, 0.717) is 22.6 Å². The van der Waals surface area contributed by atoms with Gasteiger partial charge in [-0.05, 0) is 35.6 Å². The van der Waals surface area contributed by atoms with Gasteiger partial charge in [-0.2, -0.15) is 5.26 Å². The zero-order valence-electron chi connectivity index (χ0n) is 12.6. The Bertz CT molecular complexity index is 455. The molecule has 1 aromatic carbocycles. The standard InChI is InChI=1S/C16H24N2O/c1-12(16(2,3)4)10-18-11-13-6-7-14(9-17)15(8-13)19-5/h6-8,12,18H,10-11H2,1-5H3. The molecule has 0 bridgehead atoms. The van der Waals surface area contributed by atoms with Gasteiger partial charge in [0.1, 0.15) is 11.8 Å². The molecule has 1 atom stereocenters. The van der Waals surface area contributed by atoms with Gasteiger partial charge in [0, 0.05) is 6.54 Å². The average molecular weight is 260 g/mol. The molecule has 0 aromatic heterocycles. The number of nitrogens with one attached hydrogen (secondary N) is 1. The van der Waals surface area contributed by atoms with Crippen molar-refractivity contribution >= 4 is 0 Å². The maximum absolute atomic E-state index is 8.93. The SMILES string of the molecule is COc1cc(CNCC(C)C(C)(C)C)ccc1C#N. The van der Waals surface area contributed by atoms with Crippen molar-refractivity contribution in [3.8, 4) is 11.8 Å². The Morgan fingerprint density at radius 1 is 1.37 bits per heavy atom. The summed E-state index contributed by atoms with van der Waals surface area (Å²) in [4.78, 5) is 0. The summed E-state index contributed by atoms with van der Waals surface area (Å²) in [6.07, 6.45) is 0. The van der Waals surface area contributed by atoms with Crippen LogP contribution in [-0.4, -0.2) is 13.7 Å². The van der Waals surface area contributed by atoms with Crippen LogP contribution in [-0.2, 0) is 6.54 Å². The molecule has 1 rings (SSSR count). The smallest absolute Gasteiger partial charge is 0.136 e. The van der Waals surface area contributed by atoms with Crippen LogP contribution in [0.25, 0.3) is 0 Å². The van der Waals surface area contributed by atoms with Crippen LogP contribution in [0.3, 0.4) is 0 Å². The van der Waals surface area contributed by atoms with Crippen molar-refractivity contribution in [3.05, 3.63) is 29.3 Å². The number of ether oxygens (including phenoxy) is 1. The van der Waals surface area contributed by atoms with Gasteiger partial charge in [-0.15, -0.1) is 0 Å². The lowest BCUT2D eigenvalue weighted by Gasteiger charge is -2.27. The Morgan fingerprint density at radius 3 is 2.58 bits per heavy atom. The number of methoxy groups -OCH3 is 1. The zero-order chi connectivity index (χ0) is 14.5. The third-order valence-corrected chi connectivity index (χ3v) is 3.64. The lowest BCUT2D eigenvalue weighted by Crippen LogP contribution is -2.29. The van der Waals surface area contributed by atoms with Gasteiger partial charge in [0.05, 0.1) is 12.7 Å². The van der Waals surface area contributed by atoms with Crippen LogP contribution in [0.4, 0.5) is 0 Å². The summed E-state index contributed by atoms with van der Waals surface area (Å²) in [5.41, 5.74) is 2.03. The van der Waals surface area contributed by atoms with Crippen molar-refractivity contribution < 1.29 is 4.74 Å². The molecule has 0 radical (unpaired) electrons. The summed E-state index contributed by atoms with van der Waals surface area (Å²) < 4.78 is 5.21. The van der Waals surface area contributed by atoms with Gasteiger partial charge in [-0.25, -0.2) is 0 Å². The lowest BCUT2D eigenvalue weighted by atomic mass is 9.82. The maximum atomic E-state index is 8.93. The first kappa shape index (κ1) is 15.5. The van der Waals surface area contributed by atoms with Gasteiger partial charge in [-0.3, -0.25) is 0 Å². The summed E-state index contributed by atoms with van der Waals surface area (Å²) in [5.74, 6) is 1.25. The Labute approximate surface area is 116 Å². The Kier molecular flexibility index (Phi) is 5.38. The van der Waals surface area contributed by atoms with Crippen molar-refractivity contribution in [1.82, 2.24) is 5.32 Å². The van der Waals surface area contributed by atoms with Gasteiger partial charge in [0.25, 0.3) is 0 Å². The summed E-state index contributed by atoms with van der Waals surface area (Å²) >= 11 is 0. The topological polar surface area (TPSA) is 45.0 Å². The Balaban J connectivity index is 2.58. The molecule has 104 valence electrons. The number of rotatable bonds is 5. The van der Waals surface area contributed by atoms with E-state index in [0.717, 1.165) is 18.7 Å². The molecular weight excluding hydrogens is 236 g/mol. The summed E-state index contributed by atoms with van der Waals surface area (Å²) in [6, 6.07) is 7.82. The molecule has 0 aliphatic heterocycles. The molecule has 0 saturated heterocycles. The highest BCUT2D eigenvalue weighted by Crippen LogP contribution is 2.24. The predicted octanol–water partition coefficient (Wildman–Crippen LogP) is 3.34. The fraction of sp³-hybridized carbons (Fsp3) is 0.562.